The lowest BCUT2D eigenvalue weighted by atomic mass is 9.90. The summed E-state index contributed by atoms with van der Waals surface area (Å²) in [6.07, 6.45) is 0. The van der Waals surface area contributed by atoms with E-state index in [9.17, 15) is 14.7 Å². The molecule has 1 aliphatic heterocycles. The third-order valence-electron chi connectivity index (χ3n) is 3.15. The van der Waals surface area contributed by atoms with E-state index in [0.29, 0.717) is 18.7 Å². The topological polar surface area (TPSA) is 69.6 Å². The average Bonchev–Trinajstić information content (AvgIpc) is 2.76. The van der Waals surface area contributed by atoms with E-state index in [-0.39, 0.29) is 6.03 Å². The maximum absolute atomic E-state index is 11.7. The molecule has 2 amide bonds. The second-order valence-electron chi connectivity index (χ2n) is 4.13. The molecule has 1 aliphatic rings. The number of aliphatic carboxylic acids is 1. The molecule has 5 heteroatoms. The Morgan fingerprint density at radius 1 is 1.41 bits per heavy atom. The molecule has 90 valence electrons. The predicted octanol–water partition coefficient (Wildman–Crippen LogP) is 1.01. The van der Waals surface area contributed by atoms with Crippen molar-refractivity contribution in [2.45, 2.75) is 12.5 Å². The summed E-state index contributed by atoms with van der Waals surface area (Å²) >= 11 is 0. The van der Waals surface area contributed by atoms with Crippen molar-refractivity contribution < 1.29 is 14.7 Å². The summed E-state index contributed by atoms with van der Waals surface area (Å²) in [4.78, 5) is 24.5. The van der Waals surface area contributed by atoms with Crippen LogP contribution in [-0.2, 0) is 10.3 Å². The number of benzene rings is 1. The van der Waals surface area contributed by atoms with Gasteiger partial charge in [0, 0.05) is 13.1 Å². The van der Waals surface area contributed by atoms with Gasteiger partial charge in [-0.3, -0.25) is 0 Å². The van der Waals surface area contributed by atoms with Crippen LogP contribution in [0.3, 0.4) is 0 Å². The van der Waals surface area contributed by atoms with Crippen LogP contribution in [0, 0.1) is 0 Å². The highest BCUT2D eigenvalue weighted by Gasteiger charge is 2.45. The van der Waals surface area contributed by atoms with Gasteiger partial charge in [-0.05, 0) is 12.5 Å². The van der Waals surface area contributed by atoms with E-state index in [0.717, 1.165) is 0 Å². The number of urea groups is 1. The number of hydrogen-bond donors (Lipinski definition) is 2. The van der Waals surface area contributed by atoms with Crippen LogP contribution in [0.5, 0.6) is 0 Å². The number of nitrogens with zero attached hydrogens (tertiary/aromatic N) is 1. The molecule has 0 radical (unpaired) electrons. The summed E-state index contributed by atoms with van der Waals surface area (Å²) < 4.78 is 0. The van der Waals surface area contributed by atoms with E-state index in [1.54, 1.807) is 31.2 Å². The van der Waals surface area contributed by atoms with Crippen molar-refractivity contribution in [1.82, 2.24) is 10.2 Å². The van der Waals surface area contributed by atoms with Gasteiger partial charge >= 0.3 is 12.0 Å². The molecule has 2 rings (SSSR count). The zero-order chi connectivity index (χ0) is 12.5. The molecule has 1 atom stereocenters. The van der Waals surface area contributed by atoms with Crippen molar-refractivity contribution in [1.29, 1.82) is 0 Å². The lowest BCUT2D eigenvalue weighted by Gasteiger charge is -2.34. The number of hydrogen-bond acceptors (Lipinski definition) is 2. The fourth-order valence-electron chi connectivity index (χ4n) is 2.06. The van der Waals surface area contributed by atoms with Gasteiger partial charge in [0.25, 0.3) is 0 Å². The Balaban J connectivity index is 2.46. The minimum absolute atomic E-state index is 0.334. The quantitative estimate of drug-likeness (QED) is 0.820. The number of carboxylic acids is 1. The summed E-state index contributed by atoms with van der Waals surface area (Å²) in [5, 5.41) is 12.1. The number of amides is 2. The normalized spacial score (nSPS) is 18.6. The summed E-state index contributed by atoms with van der Waals surface area (Å²) in [5.74, 6) is -1.03. The van der Waals surface area contributed by atoms with Gasteiger partial charge in [-0.1, -0.05) is 30.3 Å². The van der Waals surface area contributed by atoms with Gasteiger partial charge in [0.2, 0.25) is 0 Å². The molecule has 1 fully saturated rings. The molecule has 0 saturated carbocycles. The Hall–Kier alpha value is -2.04. The fraction of sp³-hybridized carbons (Fsp3) is 0.333. The van der Waals surface area contributed by atoms with Crippen LogP contribution >= 0.6 is 0 Å². The molecule has 17 heavy (non-hydrogen) atoms. The summed E-state index contributed by atoms with van der Waals surface area (Å²) in [6, 6.07) is 8.46. The number of rotatable bonds is 3. The van der Waals surface area contributed by atoms with Gasteiger partial charge in [-0.15, -0.1) is 0 Å². The second kappa shape index (κ2) is 4.08. The van der Waals surface area contributed by atoms with Crippen LogP contribution in [0.1, 0.15) is 12.5 Å². The maximum Gasteiger partial charge on any atom is 0.334 e. The first-order valence-electron chi connectivity index (χ1n) is 5.41. The van der Waals surface area contributed by atoms with Gasteiger partial charge < -0.3 is 15.3 Å². The van der Waals surface area contributed by atoms with Gasteiger partial charge in [-0.2, -0.15) is 0 Å². The fourth-order valence-corrected chi connectivity index (χ4v) is 2.06. The third-order valence-corrected chi connectivity index (χ3v) is 3.15. The largest absolute Gasteiger partial charge is 0.479 e. The summed E-state index contributed by atoms with van der Waals surface area (Å²) in [5.41, 5.74) is -0.716. The molecule has 1 aromatic rings. The van der Waals surface area contributed by atoms with E-state index in [1.165, 1.54) is 4.90 Å². The van der Waals surface area contributed by atoms with E-state index < -0.39 is 11.5 Å². The molecular formula is C12H14N2O3. The van der Waals surface area contributed by atoms with Crippen molar-refractivity contribution in [3.05, 3.63) is 35.9 Å². The van der Waals surface area contributed by atoms with E-state index in [4.69, 9.17) is 0 Å². The summed E-state index contributed by atoms with van der Waals surface area (Å²) in [7, 11) is 0. The zero-order valence-electron chi connectivity index (χ0n) is 9.51. The Kier molecular flexibility index (Phi) is 2.75. The Bertz CT molecular complexity index is 446. The summed E-state index contributed by atoms with van der Waals surface area (Å²) in [6.45, 7) is 2.43. The lowest BCUT2D eigenvalue weighted by Crippen LogP contribution is -2.51. The van der Waals surface area contributed by atoms with E-state index >= 15 is 0 Å². The molecule has 1 saturated heterocycles. The number of carbonyl (C=O) groups excluding carboxylic acids is 1. The first kappa shape index (κ1) is 11.4. The molecular weight excluding hydrogens is 220 g/mol. The molecule has 1 unspecified atom stereocenters. The highest BCUT2D eigenvalue weighted by Crippen LogP contribution is 2.29. The second-order valence-corrected chi connectivity index (χ2v) is 4.13. The van der Waals surface area contributed by atoms with E-state index in [1.807, 2.05) is 6.07 Å². The lowest BCUT2D eigenvalue weighted by molar-refractivity contribution is -0.148. The van der Waals surface area contributed by atoms with E-state index in [2.05, 4.69) is 5.32 Å². The molecule has 2 N–H and O–H groups in total. The maximum atomic E-state index is 11.7. The number of nitrogens with one attached hydrogen (secondary N) is 1. The standard InChI is InChI=1S/C12H14N2O3/c1-12(10(15)16,9-5-3-2-4-6-9)14-8-7-13-11(14)17/h2-6H,7-8H2,1H3,(H,13,17)(H,15,16). The molecule has 0 spiro atoms. The number of carboxylic acid groups (broad SMARTS) is 1. The van der Waals surface area contributed by atoms with Crippen molar-refractivity contribution in [3.63, 3.8) is 0 Å². The van der Waals surface area contributed by atoms with Crippen LogP contribution in [-0.4, -0.2) is 35.1 Å². The van der Waals surface area contributed by atoms with Crippen LogP contribution in [0.2, 0.25) is 0 Å². The Morgan fingerprint density at radius 3 is 2.53 bits per heavy atom. The molecule has 0 aromatic heterocycles. The van der Waals surface area contributed by atoms with Crippen molar-refractivity contribution in [2.24, 2.45) is 0 Å². The van der Waals surface area contributed by atoms with Gasteiger partial charge in [-0.25, -0.2) is 9.59 Å². The molecule has 5 nitrogen and oxygen atoms in total. The van der Waals surface area contributed by atoms with Gasteiger partial charge in [0.1, 0.15) is 0 Å². The third kappa shape index (κ3) is 1.73. The highest BCUT2D eigenvalue weighted by atomic mass is 16.4. The predicted molar refractivity (Wildman–Crippen MR) is 61.5 cm³/mol. The van der Waals surface area contributed by atoms with Crippen LogP contribution in [0.25, 0.3) is 0 Å². The Morgan fingerprint density at radius 2 is 2.06 bits per heavy atom. The first-order valence-corrected chi connectivity index (χ1v) is 5.41. The van der Waals surface area contributed by atoms with Crippen LogP contribution in [0.15, 0.2) is 30.3 Å². The monoisotopic (exact) mass is 234 g/mol. The minimum Gasteiger partial charge on any atom is -0.479 e. The van der Waals surface area contributed by atoms with Gasteiger partial charge in [0.15, 0.2) is 5.54 Å². The van der Waals surface area contributed by atoms with Gasteiger partial charge in [0.05, 0.1) is 0 Å². The smallest absolute Gasteiger partial charge is 0.334 e. The minimum atomic E-state index is -1.32. The molecule has 0 aliphatic carbocycles. The highest BCUT2D eigenvalue weighted by molar-refractivity contribution is 5.88. The van der Waals surface area contributed by atoms with Crippen molar-refractivity contribution in [3.8, 4) is 0 Å². The van der Waals surface area contributed by atoms with Crippen LogP contribution in [0.4, 0.5) is 4.79 Å². The zero-order valence-corrected chi connectivity index (χ0v) is 9.51. The molecule has 1 heterocycles. The Labute approximate surface area is 99.0 Å². The molecule has 0 bridgehead atoms. The SMILES string of the molecule is CC(C(=O)O)(c1ccccc1)N1CCNC1=O. The van der Waals surface area contributed by atoms with Crippen LogP contribution < -0.4 is 5.32 Å². The first-order chi connectivity index (χ1) is 8.06. The van der Waals surface area contributed by atoms with Crippen molar-refractivity contribution >= 4 is 12.0 Å². The number of carbonyl (C=O) groups is 2. The van der Waals surface area contributed by atoms with Crippen molar-refractivity contribution in [2.75, 3.05) is 13.1 Å². The molecule has 1 aromatic carbocycles. The average molecular weight is 234 g/mol.